The van der Waals surface area contributed by atoms with Crippen LogP contribution in [0.25, 0.3) is 0 Å². The highest BCUT2D eigenvalue weighted by molar-refractivity contribution is 5.84. The summed E-state index contributed by atoms with van der Waals surface area (Å²) in [6.45, 7) is 5.40. The number of aliphatic carboxylic acids is 1. The maximum Gasteiger partial charge on any atom is 0.323 e. The van der Waals surface area contributed by atoms with E-state index in [1.54, 1.807) is 9.80 Å². The van der Waals surface area contributed by atoms with Crippen LogP contribution in [0.3, 0.4) is 0 Å². The Hall–Kier alpha value is -2.04. The van der Waals surface area contributed by atoms with Crippen LogP contribution in [0, 0.1) is 0 Å². The number of carbonyl (C=O) groups excluding carboxylic acids is 1. The molecule has 0 saturated carbocycles. The Kier molecular flexibility index (Phi) is 7.29. The van der Waals surface area contributed by atoms with Gasteiger partial charge in [-0.05, 0) is 25.0 Å². The quantitative estimate of drug-likeness (QED) is 0.758. The van der Waals surface area contributed by atoms with Crippen molar-refractivity contribution in [3.05, 3.63) is 30.3 Å². The molecule has 1 amide bonds. The van der Waals surface area contributed by atoms with E-state index in [-0.39, 0.29) is 19.0 Å². The van der Waals surface area contributed by atoms with Crippen LogP contribution in [0.4, 0.5) is 5.69 Å². The summed E-state index contributed by atoms with van der Waals surface area (Å²) in [5.74, 6) is -0.965. The number of rotatable bonds is 9. The highest BCUT2D eigenvalue weighted by Gasteiger charge is 2.18. The monoisotopic (exact) mass is 292 g/mol. The molecule has 1 rings (SSSR count). The van der Waals surface area contributed by atoms with Gasteiger partial charge in [-0.1, -0.05) is 32.0 Å². The molecule has 0 unspecified atom stereocenters. The third kappa shape index (κ3) is 5.85. The second kappa shape index (κ2) is 9.00. The molecule has 0 heterocycles. The highest BCUT2D eigenvalue weighted by Crippen LogP contribution is 2.13. The molecule has 0 radical (unpaired) electrons. The van der Waals surface area contributed by atoms with Crippen LogP contribution in [0.2, 0.25) is 0 Å². The van der Waals surface area contributed by atoms with Gasteiger partial charge in [-0.25, -0.2) is 0 Å². The molecule has 0 spiro atoms. The van der Waals surface area contributed by atoms with Crippen molar-refractivity contribution in [2.75, 3.05) is 31.1 Å². The first-order valence-electron chi connectivity index (χ1n) is 7.38. The minimum atomic E-state index is -0.941. The minimum Gasteiger partial charge on any atom is -0.480 e. The van der Waals surface area contributed by atoms with E-state index in [0.29, 0.717) is 13.1 Å². The SMILES string of the molecule is CCCN(CCC)C(=O)CN(CC(=O)O)c1ccccc1. The molecule has 1 aromatic carbocycles. The summed E-state index contributed by atoms with van der Waals surface area (Å²) in [4.78, 5) is 26.8. The molecule has 0 aromatic heterocycles. The summed E-state index contributed by atoms with van der Waals surface area (Å²) >= 11 is 0. The van der Waals surface area contributed by atoms with Crippen molar-refractivity contribution in [3.8, 4) is 0 Å². The highest BCUT2D eigenvalue weighted by atomic mass is 16.4. The third-order valence-electron chi connectivity index (χ3n) is 3.11. The Morgan fingerprint density at radius 3 is 2.05 bits per heavy atom. The van der Waals surface area contributed by atoms with Gasteiger partial charge in [0.05, 0.1) is 6.54 Å². The molecule has 5 nitrogen and oxygen atoms in total. The van der Waals surface area contributed by atoms with Gasteiger partial charge >= 0.3 is 5.97 Å². The van der Waals surface area contributed by atoms with E-state index < -0.39 is 5.97 Å². The van der Waals surface area contributed by atoms with Crippen molar-refractivity contribution >= 4 is 17.6 Å². The number of amides is 1. The van der Waals surface area contributed by atoms with Crippen LogP contribution in [0.1, 0.15) is 26.7 Å². The number of hydrogen-bond donors (Lipinski definition) is 1. The molecule has 0 fully saturated rings. The standard InChI is InChI=1S/C16H24N2O3/c1-3-10-17(11-4-2)15(19)12-18(13-16(20)21)14-8-6-5-7-9-14/h5-9H,3-4,10-13H2,1-2H3,(H,20,21). The average molecular weight is 292 g/mol. The fourth-order valence-corrected chi connectivity index (χ4v) is 2.20. The van der Waals surface area contributed by atoms with Gasteiger partial charge in [-0.2, -0.15) is 0 Å². The number of carbonyl (C=O) groups is 2. The van der Waals surface area contributed by atoms with Gasteiger partial charge in [0.25, 0.3) is 0 Å². The largest absolute Gasteiger partial charge is 0.480 e. The van der Waals surface area contributed by atoms with Crippen LogP contribution in [-0.4, -0.2) is 48.1 Å². The molecule has 116 valence electrons. The molecular weight excluding hydrogens is 268 g/mol. The lowest BCUT2D eigenvalue weighted by molar-refractivity contribution is -0.135. The number of nitrogens with zero attached hydrogens (tertiary/aromatic N) is 2. The van der Waals surface area contributed by atoms with Gasteiger partial charge in [0.2, 0.25) is 5.91 Å². The number of hydrogen-bond acceptors (Lipinski definition) is 3. The van der Waals surface area contributed by atoms with Crippen molar-refractivity contribution in [1.29, 1.82) is 0 Å². The first-order chi connectivity index (χ1) is 10.1. The topological polar surface area (TPSA) is 60.9 Å². The first-order valence-corrected chi connectivity index (χ1v) is 7.38. The van der Waals surface area contributed by atoms with Gasteiger partial charge in [0.15, 0.2) is 0 Å². The molecule has 5 heteroatoms. The number of benzene rings is 1. The van der Waals surface area contributed by atoms with Crippen molar-refractivity contribution < 1.29 is 14.7 Å². The summed E-state index contributed by atoms with van der Waals surface area (Å²) in [5, 5.41) is 9.04. The molecule has 0 aliphatic rings. The van der Waals surface area contributed by atoms with E-state index in [0.717, 1.165) is 18.5 Å². The van der Waals surface area contributed by atoms with Gasteiger partial charge in [-0.15, -0.1) is 0 Å². The molecule has 0 atom stereocenters. The summed E-state index contributed by atoms with van der Waals surface area (Å²) in [6.07, 6.45) is 1.80. The Balaban J connectivity index is 2.80. The number of anilines is 1. The van der Waals surface area contributed by atoms with Crippen molar-refractivity contribution in [3.63, 3.8) is 0 Å². The maximum absolute atomic E-state index is 12.4. The van der Waals surface area contributed by atoms with E-state index in [9.17, 15) is 9.59 Å². The normalized spacial score (nSPS) is 10.2. The van der Waals surface area contributed by atoms with E-state index in [2.05, 4.69) is 0 Å². The van der Waals surface area contributed by atoms with Crippen molar-refractivity contribution in [1.82, 2.24) is 4.90 Å². The first kappa shape index (κ1) is 17.0. The predicted molar refractivity (Wildman–Crippen MR) is 83.5 cm³/mol. The Morgan fingerprint density at radius 1 is 1.00 bits per heavy atom. The predicted octanol–water partition coefficient (Wildman–Crippen LogP) is 2.23. The Labute approximate surface area is 126 Å². The summed E-state index contributed by atoms with van der Waals surface area (Å²) < 4.78 is 0. The number of carboxylic acids is 1. The molecule has 1 aromatic rings. The van der Waals surface area contributed by atoms with Gasteiger partial charge in [-0.3, -0.25) is 9.59 Å². The zero-order valence-corrected chi connectivity index (χ0v) is 12.8. The average Bonchev–Trinajstić information content (AvgIpc) is 2.46. The zero-order valence-electron chi connectivity index (χ0n) is 12.8. The van der Waals surface area contributed by atoms with Crippen LogP contribution < -0.4 is 4.90 Å². The van der Waals surface area contributed by atoms with E-state index in [4.69, 9.17) is 5.11 Å². The van der Waals surface area contributed by atoms with E-state index in [1.807, 2.05) is 44.2 Å². The smallest absolute Gasteiger partial charge is 0.323 e. The molecule has 1 N–H and O–H groups in total. The van der Waals surface area contributed by atoms with Crippen LogP contribution >= 0.6 is 0 Å². The van der Waals surface area contributed by atoms with Crippen LogP contribution in [0.15, 0.2) is 30.3 Å². The lowest BCUT2D eigenvalue weighted by atomic mass is 10.2. The summed E-state index contributed by atoms with van der Waals surface area (Å²) in [6, 6.07) is 9.18. The molecule has 21 heavy (non-hydrogen) atoms. The molecule has 0 aliphatic carbocycles. The van der Waals surface area contributed by atoms with Crippen LogP contribution in [-0.2, 0) is 9.59 Å². The zero-order chi connectivity index (χ0) is 15.7. The molecule has 0 saturated heterocycles. The second-order valence-electron chi connectivity index (χ2n) is 4.97. The van der Waals surface area contributed by atoms with E-state index >= 15 is 0 Å². The Morgan fingerprint density at radius 2 is 1.57 bits per heavy atom. The number of carboxylic acid groups (broad SMARTS) is 1. The van der Waals surface area contributed by atoms with Gasteiger partial charge in [0, 0.05) is 18.8 Å². The fraction of sp³-hybridized carbons (Fsp3) is 0.500. The third-order valence-corrected chi connectivity index (χ3v) is 3.11. The number of para-hydroxylation sites is 1. The lowest BCUT2D eigenvalue weighted by Gasteiger charge is -2.27. The molecule has 0 bridgehead atoms. The van der Waals surface area contributed by atoms with Gasteiger partial charge in [0.1, 0.15) is 6.54 Å². The van der Waals surface area contributed by atoms with Crippen molar-refractivity contribution in [2.24, 2.45) is 0 Å². The molecular formula is C16H24N2O3. The van der Waals surface area contributed by atoms with Gasteiger partial charge < -0.3 is 14.9 Å². The summed E-state index contributed by atoms with van der Waals surface area (Å²) in [7, 11) is 0. The Bertz CT molecular complexity index is 442. The lowest BCUT2D eigenvalue weighted by Crippen LogP contribution is -2.43. The van der Waals surface area contributed by atoms with E-state index in [1.165, 1.54) is 0 Å². The fourth-order valence-electron chi connectivity index (χ4n) is 2.20. The minimum absolute atomic E-state index is 0.0243. The van der Waals surface area contributed by atoms with Crippen LogP contribution in [0.5, 0.6) is 0 Å². The second-order valence-corrected chi connectivity index (χ2v) is 4.97. The van der Waals surface area contributed by atoms with Crippen molar-refractivity contribution in [2.45, 2.75) is 26.7 Å². The maximum atomic E-state index is 12.4. The summed E-state index contributed by atoms with van der Waals surface area (Å²) in [5.41, 5.74) is 0.751. The molecule has 0 aliphatic heterocycles.